The summed E-state index contributed by atoms with van der Waals surface area (Å²) >= 11 is 0. The van der Waals surface area contributed by atoms with Crippen LogP contribution < -0.4 is 21.7 Å². The van der Waals surface area contributed by atoms with Crippen molar-refractivity contribution in [2.45, 2.75) is 52.1 Å². The molecule has 0 aromatic heterocycles. The molecule has 2 amide bonds. The van der Waals surface area contributed by atoms with E-state index >= 15 is 0 Å². The van der Waals surface area contributed by atoms with Crippen molar-refractivity contribution >= 4 is 41.8 Å². The summed E-state index contributed by atoms with van der Waals surface area (Å²) in [6.45, 7) is 8.21. The number of hydrogen-bond acceptors (Lipinski definition) is 4. The number of primary amides is 1. The lowest BCUT2D eigenvalue weighted by atomic mass is 10.0. The Morgan fingerprint density at radius 3 is 2.19 bits per heavy atom. The zero-order chi connectivity index (χ0) is 22.6. The molecular formula is C23H39IN6O2. The molecule has 1 atom stereocenters. The molecule has 0 saturated carbocycles. The Hall–Kier alpha value is -1.88. The second kappa shape index (κ2) is 15.0. The molecule has 180 valence electrons. The topological polar surface area (TPSA) is 112 Å². The van der Waals surface area contributed by atoms with Gasteiger partial charge in [0, 0.05) is 31.7 Å². The maximum Gasteiger partial charge on any atom is 0.251 e. The molecule has 1 fully saturated rings. The van der Waals surface area contributed by atoms with Crippen molar-refractivity contribution in [3.63, 3.8) is 0 Å². The van der Waals surface area contributed by atoms with E-state index in [1.165, 1.54) is 38.8 Å². The minimum atomic E-state index is -0.566. The number of benzene rings is 1. The normalized spacial score (nSPS) is 15.9. The van der Waals surface area contributed by atoms with Gasteiger partial charge in [-0.25, -0.2) is 0 Å². The van der Waals surface area contributed by atoms with Gasteiger partial charge in [-0.1, -0.05) is 38.8 Å². The summed E-state index contributed by atoms with van der Waals surface area (Å²) in [5.74, 6) is 0.452. The van der Waals surface area contributed by atoms with Crippen LogP contribution in [0.25, 0.3) is 0 Å². The number of nitrogens with zero attached hydrogens (tertiary/aromatic N) is 2. The fraction of sp³-hybridized carbons (Fsp3) is 0.609. The van der Waals surface area contributed by atoms with E-state index in [-0.39, 0.29) is 36.4 Å². The van der Waals surface area contributed by atoms with Crippen LogP contribution >= 0.6 is 24.0 Å². The van der Waals surface area contributed by atoms with Gasteiger partial charge in [0.2, 0.25) is 5.91 Å². The summed E-state index contributed by atoms with van der Waals surface area (Å²) in [6.07, 6.45) is 5.24. The fourth-order valence-electron chi connectivity index (χ4n) is 3.86. The van der Waals surface area contributed by atoms with E-state index in [0.717, 1.165) is 18.1 Å². The van der Waals surface area contributed by atoms with E-state index in [2.05, 4.69) is 39.7 Å². The van der Waals surface area contributed by atoms with Crippen molar-refractivity contribution in [3.05, 3.63) is 35.4 Å². The summed E-state index contributed by atoms with van der Waals surface area (Å²) in [5, 5.41) is 9.31. The predicted octanol–water partition coefficient (Wildman–Crippen LogP) is 2.09. The van der Waals surface area contributed by atoms with Crippen molar-refractivity contribution in [3.8, 4) is 0 Å². The lowest BCUT2D eigenvalue weighted by Crippen LogP contribution is -2.49. The minimum absolute atomic E-state index is 0. The van der Waals surface area contributed by atoms with Gasteiger partial charge in [-0.2, -0.15) is 0 Å². The number of aliphatic imine (C=N–C) groups is 1. The Morgan fingerprint density at radius 1 is 1.03 bits per heavy atom. The van der Waals surface area contributed by atoms with Crippen molar-refractivity contribution in [1.82, 2.24) is 20.9 Å². The van der Waals surface area contributed by atoms with E-state index in [4.69, 9.17) is 5.73 Å². The third-order valence-corrected chi connectivity index (χ3v) is 5.68. The van der Waals surface area contributed by atoms with Crippen LogP contribution in [0.1, 0.15) is 55.5 Å². The van der Waals surface area contributed by atoms with Crippen LogP contribution in [0.2, 0.25) is 0 Å². The van der Waals surface area contributed by atoms with Crippen LogP contribution in [0.3, 0.4) is 0 Å². The van der Waals surface area contributed by atoms with Crippen molar-refractivity contribution < 1.29 is 9.59 Å². The highest BCUT2D eigenvalue weighted by atomic mass is 127. The summed E-state index contributed by atoms with van der Waals surface area (Å²) in [7, 11) is 1.78. The van der Waals surface area contributed by atoms with E-state index in [1.54, 1.807) is 19.2 Å². The molecule has 1 aliphatic heterocycles. The van der Waals surface area contributed by atoms with Crippen LogP contribution in [0.5, 0.6) is 0 Å². The molecule has 0 aliphatic carbocycles. The Balaban J connectivity index is 0.00000512. The SMILES string of the molecule is CN=C(NCc1ccc(C(=O)NCC(N)=O)cc1)NCC(C(C)C)N1CCCCCC1.I. The highest BCUT2D eigenvalue weighted by Crippen LogP contribution is 2.17. The zero-order valence-electron chi connectivity index (χ0n) is 19.5. The third kappa shape index (κ3) is 9.72. The Labute approximate surface area is 209 Å². The van der Waals surface area contributed by atoms with Crippen LogP contribution in [-0.2, 0) is 11.3 Å². The minimum Gasteiger partial charge on any atom is -0.368 e. The van der Waals surface area contributed by atoms with Gasteiger partial charge in [0.15, 0.2) is 5.96 Å². The molecular weight excluding hydrogens is 519 g/mol. The quantitative estimate of drug-likeness (QED) is 0.211. The second-order valence-electron chi connectivity index (χ2n) is 8.41. The van der Waals surface area contributed by atoms with Gasteiger partial charge in [-0.15, -0.1) is 24.0 Å². The van der Waals surface area contributed by atoms with Gasteiger partial charge in [0.1, 0.15) is 0 Å². The molecule has 0 bridgehead atoms. The fourth-order valence-corrected chi connectivity index (χ4v) is 3.86. The number of hydrogen-bond donors (Lipinski definition) is 4. The van der Waals surface area contributed by atoms with Crippen LogP contribution in [0.4, 0.5) is 0 Å². The highest BCUT2D eigenvalue weighted by Gasteiger charge is 2.22. The van der Waals surface area contributed by atoms with Gasteiger partial charge >= 0.3 is 0 Å². The molecule has 2 rings (SSSR count). The molecule has 0 radical (unpaired) electrons. The Bertz CT molecular complexity index is 731. The first-order chi connectivity index (χ1) is 14.9. The van der Waals surface area contributed by atoms with Gasteiger partial charge in [-0.3, -0.25) is 19.5 Å². The number of nitrogens with two attached hydrogens (primary N) is 1. The second-order valence-corrected chi connectivity index (χ2v) is 8.41. The number of halogens is 1. The van der Waals surface area contributed by atoms with Crippen molar-refractivity contribution in [2.24, 2.45) is 16.6 Å². The largest absolute Gasteiger partial charge is 0.368 e. The first kappa shape index (κ1) is 28.2. The number of rotatable bonds is 9. The number of carbonyl (C=O) groups is 2. The molecule has 1 aromatic carbocycles. The monoisotopic (exact) mass is 558 g/mol. The van der Waals surface area contributed by atoms with E-state index in [9.17, 15) is 9.59 Å². The molecule has 9 heteroatoms. The molecule has 1 unspecified atom stereocenters. The first-order valence-electron chi connectivity index (χ1n) is 11.2. The lowest BCUT2D eigenvalue weighted by Gasteiger charge is -2.34. The lowest BCUT2D eigenvalue weighted by molar-refractivity contribution is -0.117. The van der Waals surface area contributed by atoms with Crippen molar-refractivity contribution in [1.29, 1.82) is 0 Å². The summed E-state index contributed by atoms with van der Waals surface area (Å²) < 4.78 is 0. The molecule has 1 heterocycles. The van der Waals surface area contributed by atoms with Gasteiger partial charge in [0.05, 0.1) is 6.54 Å². The molecule has 8 nitrogen and oxygen atoms in total. The van der Waals surface area contributed by atoms with E-state index in [1.807, 2.05) is 12.1 Å². The average Bonchev–Trinajstić information content (AvgIpc) is 3.04. The van der Waals surface area contributed by atoms with Gasteiger partial charge in [-0.05, 0) is 49.5 Å². The predicted molar refractivity (Wildman–Crippen MR) is 140 cm³/mol. The standard InChI is InChI=1S/C23H38N6O2.HI/c1-17(2)20(29-12-6-4-5-7-13-29)15-28-23(25-3)27-14-18-8-10-19(11-9-18)22(31)26-16-21(24)30;/h8-11,17,20H,4-7,12-16H2,1-3H3,(H2,24,30)(H,26,31)(H2,25,27,28);1H. The molecule has 5 N–H and O–H groups in total. The third-order valence-electron chi connectivity index (χ3n) is 5.68. The van der Waals surface area contributed by atoms with Gasteiger partial charge in [0.25, 0.3) is 5.91 Å². The van der Waals surface area contributed by atoms with E-state index < -0.39 is 5.91 Å². The molecule has 32 heavy (non-hydrogen) atoms. The number of amides is 2. The Kier molecular flexibility index (Phi) is 13.2. The average molecular weight is 559 g/mol. The number of nitrogens with one attached hydrogen (secondary N) is 3. The molecule has 0 spiro atoms. The number of guanidine groups is 1. The summed E-state index contributed by atoms with van der Waals surface area (Å²) in [6, 6.07) is 7.71. The van der Waals surface area contributed by atoms with E-state index in [0.29, 0.717) is 24.1 Å². The maximum absolute atomic E-state index is 12.0. The first-order valence-corrected chi connectivity index (χ1v) is 11.2. The van der Waals surface area contributed by atoms with Crippen LogP contribution in [-0.4, -0.2) is 61.9 Å². The highest BCUT2D eigenvalue weighted by molar-refractivity contribution is 14.0. The maximum atomic E-state index is 12.0. The van der Waals surface area contributed by atoms with Crippen LogP contribution in [0, 0.1) is 5.92 Å². The van der Waals surface area contributed by atoms with Crippen molar-refractivity contribution in [2.75, 3.05) is 33.2 Å². The smallest absolute Gasteiger partial charge is 0.251 e. The number of likely N-dealkylation sites (tertiary alicyclic amines) is 1. The molecule has 1 aromatic rings. The van der Waals surface area contributed by atoms with Gasteiger partial charge < -0.3 is 21.7 Å². The summed E-state index contributed by atoms with van der Waals surface area (Å²) in [5.41, 5.74) is 6.57. The zero-order valence-corrected chi connectivity index (χ0v) is 21.9. The Morgan fingerprint density at radius 2 is 1.66 bits per heavy atom. The molecule has 1 saturated heterocycles. The molecule has 1 aliphatic rings. The summed E-state index contributed by atoms with van der Waals surface area (Å²) in [4.78, 5) is 29.7. The van der Waals surface area contributed by atoms with Crippen LogP contribution in [0.15, 0.2) is 29.3 Å². The number of carbonyl (C=O) groups excluding carboxylic acids is 2.